The first kappa shape index (κ1) is 28.7. The van der Waals surface area contributed by atoms with Crippen LogP contribution in [0.25, 0.3) is 10.9 Å². The molecule has 3 aliphatic rings. The lowest BCUT2D eigenvalue weighted by Gasteiger charge is -2.35. The summed E-state index contributed by atoms with van der Waals surface area (Å²) in [5.41, 5.74) is 8.78. The fourth-order valence-electron chi connectivity index (χ4n) is 6.14. The number of carbonyl (C=O) groups excluding carboxylic acids is 1. The summed E-state index contributed by atoms with van der Waals surface area (Å²) >= 11 is 0. The molecule has 1 aliphatic carbocycles. The molecule has 1 aromatic heterocycles. The van der Waals surface area contributed by atoms with Crippen LogP contribution in [0.3, 0.4) is 0 Å². The molecule has 42 heavy (non-hydrogen) atoms. The predicted octanol–water partition coefficient (Wildman–Crippen LogP) is 4.14. The molecule has 1 spiro atoms. The molecule has 3 fully saturated rings. The summed E-state index contributed by atoms with van der Waals surface area (Å²) in [6.45, 7) is 2.00. The van der Waals surface area contributed by atoms with E-state index in [1.807, 2.05) is 24.1 Å². The van der Waals surface area contributed by atoms with E-state index in [9.17, 15) is 22.0 Å². The number of alkyl halides is 2. The van der Waals surface area contributed by atoms with Gasteiger partial charge in [0.15, 0.2) is 5.82 Å². The van der Waals surface area contributed by atoms with E-state index in [2.05, 4.69) is 20.0 Å². The van der Waals surface area contributed by atoms with Gasteiger partial charge >= 0.3 is 0 Å². The summed E-state index contributed by atoms with van der Waals surface area (Å²) in [7, 11) is -1.80. The number of aryl methyl sites for hydroxylation is 1. The van der Waals surface area contributed by atoms with Gasteiger partial charge in [-0.05, 0) is 67.5 Å². The zero-order valence-electron chi connectivity index (χ0n) is 23.7. The second-order valence-electron chi connectivity index (χ2n) is 11.9. The maximum absolute atomic E-state index is 13.8. The van der Waals surface area contributed by atoms with Crippen LogP contribution in [0.5, 0.6) is 0 Å². The first-order valence-corrected chi connectivity index (χ1v) is 16.1. The van der Waals surface area contributed by atoms with Crippen molar-refractivity contribution in [3.8, 4) is 0 Å². The lowest BCUT2D eigenvalue weighted by Crippen LogP contribution is -2.39. The number of nitrogens with one attached hydrogen (secondary N) is 2. The van der Waals surface area contributed by atoms with Crippen molar-refractivity contribution in [3.63, 3.8) is 0 Å². The zero-order valence-corrected chi connectivity index (χ0v) is 24.5. The fourth-order valence-corrected chi connectivity index (χ4v) is 7.03. The van der Waals surface area contributed by atoms with Gasteiger partial charge in [-0.1, -0.05) is 0 Å². The Bertz CT molecular complexity index is 1600. The molecule has 2 aliphatic heterocycles. The first-order chi connectivity index (χ1) is 20.0. The summed E-state index contributed by atoms with van der Waals surface area (Å²) in [5, 5.41) is 8.37. The highest BCUT2D eigenvalue weighted by atomic mass is 32.2. The highest BCUT2D eigenvalue weighted by Crippen LogP contribution is 2.54. The van der Waals surface area contributed by atoms with Crippen molar-refractivity contribution in [3.05, 3.63) is 42.0 Å². The molecule has 4 N–H and O–H groups in total. The maximum Gasteiger partial charge on any atom is 0.257 e. The fraction of sp³-hybridized carbons (Fsp3) is 0.517. The van der Waals surface area contributed by atoms with E-state index in [1.54, 1.807) is 28.9 Å². The van der Waals surface area contributed by atoms with Crippen LogP contribution in [0.2, 0.25) is 0 Å². The number of hydrogen-bond donors (Lipinski definition) is 3. The average molecular weight is 602 g/mol. The average Bonchev–Trinajstić information content (AvgIpc) is 3.62. The van der Waals surface area contributed by atoms with Crippen LogP contribution >= 0.6 is 0 Å². The monoisotopic (exact) mass is 601 g/mol. The van der Waals surface area contributed by atoms with E-state index < -0.39 is 15.9 Å². The van der Waals surface area contributed by atoms with Gasteiger partial charge in [-0.2, -0.15) is 5.10 Å². The van der Waals surface area contributed by atoms with Crippen LogP contribution in [0.15, 0.2) is 36.4 Å². The molecule has 0 bridgehead atoms. The van der Waals surface area contributed by atoms with Crippen molar-refractivity contribution < 1.29 is 22.0 Å². The SMILES string of the molecule is Cn1nc(N2CCC(F)(F)CC2)c2cc(NC(=O)c3ccc(NS(=O)(=O)CCN)cc3N3CCC4(CC3)CC4)ccc21. The minimum Gasteiger partial charge on any atom is -0.371 e. The number of halogens is 2. The van der Waals surface area contributed by atoms with Crippen LogP contribution in [0, 0.1) is 5.41 Å². The third-order valence-electron chi connectivity index (χ3n) is 8.91. The summed E-state index contributed by atoms with van der Waals surface area (Å²) in [5.74, 6) is -2.56. The Balaban J connectivity index is 1.27. The van der Waals surface area contributed by atoms with Crippen molar-refractivity contribution in [2.45, 2.75) is 44.4 Å². The van der Waals surface area contributed by atoms with Crippen molar-refractivity contribution in [1.82, 2.24) is 9.78 Å². The van der Waals surface area contributed by atoms with Crippen molar-refractivity contribution in [1.29, 1.82) is 0 Å². The maximum atomic E-state index is 13.8. The molecule has 2 aromatic carbocycles. The van der Waals surface area contributed by atoms with Crippen LogP contribution in [-0.2, 0) is 17.1 Å². The Kier molecular flexibility index (Phi) is 7.28. The highest BCUT2D eigenvalue weighted by Gasteiger charge is 2.44. The number of hydrogen-bond acceptors (Lipinski definition) is 7. The third-order valence-corrected chi connectivity index (χ3v) is 10.2. The third kappa shape index (κ3) is 5.89. The van der Waals surface area contributed by atoms with Gasteiger partial charge in [-0.25, -0.2) is 17.2 Å². The van der Waals surface area contributed by atoms with E-state index in [-0.39, 0.29) is 44.1 Å². The minimum absolute atomic E-state index is 0.00409. The van der Waals surface area contributed by atoms with Crippen molar-refractivity contribution in [2.75, 3.05) is 58.3 Å². The van der Waals surface area contributed by atoms with Gasteiger partial charge in [-0.3, -0.25) is 14.2 Å². The summed E-state index contributed by atoms with van der Waals surface area (Å²) in [4.78, 5) is 17.7. The molecule has 0 atom stereocenters. The summed E-state index contributed by atoms with van der Waals surface area (Å²) < 4.78 is 56.7. The normalized spacial score (nSPS) is 19.7. The molecule has 3 heterocycles. The molecule has 3 aromatic rings. The number of rotatable bonds is 8. The topological polar surface area (TPSA) is 126 Å². The molecular formula is C29H37F2N7O3S. The van der Waals surface area contributed by atoms with Gasteiger partial charge < -0.3 is 20.9 Å². The lowest BCUT2D eigenvalue weighted by atomic mass is 9.93. The summed E-state index contributed by atoms with van der Waals surface area (Å²) in [6.07, 6.45) is 4.12. The predicted molar refractivity (Wildman–Crippen MR) is 161 cm³/mol. The summed E-state index contributed by atoms with van der Waals surface area (Å²) in [6, 6.07) is 10.4. The Labute approximate surface area is 244 Å². The van der Waals surface area contributed by atoms with E-state index in [0.717, 1.165) is 36.8 Å². The van der Waals surface area contributed by atoms with E-state index in [4.69, 9.17) is 5.73 Å². The molecule has 6 rings (SSSR count). The molecule has 0 radical (unpaired) electrons. The molecule has 10 nitrogen and oxygen atoms in total. The smallest absolute Gasteiger partial charge is 0.257 e. The quantitative estimate of drug-likeness (QED) is 0.354. The van der Waals surface area contributed by atoms with Crippen molar-refractivity contribution in [2.24, 2.45) is 18.2 Å². The number of fused-ring (bicyclic) bond motifs is 1. The van der Waals surface area contributed by atoms with Crippen molar-refractivity contribution >= 4 is 49.7 Å². The van der Waals surface area contributed by atoms with Gasteiger partial charge in [0.1, 0.15) is 0 Å². The standard InChI is InChI=1S/C29H37F2N7O3S/c1-36-24-5-3-20(18-23(24)26(34-36)38-15-10-29(30,31)11-16-38)33-27(39)22-4-2-21(35-42(40,41)17-12-32)19-25(22)37-13-8-28(6-7-28)9-14-37/h2-5,18-19,35H,6-17,32H2,1H3,(H,33,39). The molecule has 0 unspecified atom stereocenters. The van der Waals surface area contributed by atoms with Gasteiger partial charge in [0, 0.05) is 63.7 Å². The number of amides is 1. The lowest BCUT2D eigenvalue weighted by molar-refractivity contribution is -0.0221. The zero-order chi connectivity index (χ0) is 29.7. The number of nitrogens with two attached hydrogens (primary N) is 1. The molecule has 2 saturated heterocycles. The molecule has 1 saturated carbocycles. The largest absolute Gasteiger partial charge is 0.371 e. The highest BCUT2D eigenvalue weighted by molar-refractivity contribution is 7.92. The Morgan fingerprint density at radius 2 is 1.62 bits per heavy atom. The second-order valence-corrected chi connectivity index (χ2v) is 13.7. The van der Waals surface area contributed by atoms with Crippen LogP contribution < -0.4 is 25.6 Å². The van der Waals surface area contributed by atoms with E-state index in [0.29, 0.717) is 33.9 Å². The number of piperidine rings is 2. The number of aromatic nitrogens is 2. The van der Waals surface area contributed by atoms with Gasteiger partial charge in [0.05, 0.1) is 28.2 Å². The number of sulfonamides is 1. The number of anilines is 4. The van der Waals surface area contributed by atoms with Gasteiger partial charge in [0.2, 0.25) is 10.0 Å². The number of benzene rings is 2. The van der Waals surface area contributed by atoms with Crippen LogP contribution in [0.4, 0.5) is 31.7 Å². The van der Waals surface area contributed by atoms with Gasteiger partial charge in [0.25, 0.3) is 11.8 Å². The van der Waals surface area contributed by atoms with E-state index >= 15 is 0 Å². The molecular weight excluding hydrogens is 564 g/mol. The van der Waals surface area contributed by atoms with Gasteiger partial charge in [-0.15, -0.1) is 0 Å². The number of carbonyl (C=O) groups is 1. The Morgan fingerprint density at radius 1 is 0.952 bits per heavy atom. The minimum atomic E-state index is -3.61. The first-order valence-electron chi connectivity index (χ1n) is 14.5. The molecule has 13 heteroatoms. The molecule has 226 valence electrons. The molecule has 1 amide bonds. The Hall–Kier alpha value is -3.45. The number of nitrogens with zero attached hydrogens (tertiary/aromatic N) is 4. The second kappa shape index (κ2) is 10.7. The Morgan fingerprint density at radius 3 is 2.29 bits per heavy atom. The van der Waals surface area contributed by atoms with E-state index in [1.165, 1.54) is 12.8 Å². The van der Waals surface area contributed by atoms with Crippen LogP contribution in [-0.4, -0.2) is 68.5 Å². The van der Waals surface area contributed by atoms with Crippen LogP contribution in [0.1, 0.15) is 48.9 Å².